The lowest BCUT2D eigenvalue weighted by atomic mass is 10.1. The molecule has 0 aliphatic rings. The van der Waals surface area contributed by atoms with E-state index in [4.69, 9.17) is 0 Å². The van der Waals surface area contributed by atoms with Crippen LogP contribution in [0, 0.1) is 11.6 Å². The molecule has 2 aromatic rings. The Morgan fingerprint density at radius 3 is 2.39 bits per heavy atom. The van der Waals surface area contributed by atoms with Crippen LogP contribution in [0.4, 0.5) is 8.78 Å². The Bertz CT molecular complexity index is 921. The molecule has 0 bridgehead atoms. The Labute approximate surface area is 181 Å². The summed E-state index contributed by atoms with van der Waals surface area (Å²) in [4.78, 5) is 4.38. The van der Waals surface area contributed by atoms with Gasteiger partial charge in [-0.2, -0.15) is 0 Å². The maximum absolute atomic E-state index is 13.6. The number of halogens is 3. The lowest BCUT2D eigenvalue weighted by molar-refractivity contribution is 0.599. The average molecular weight is 523 g/mol. The highest BCUT2D eigenvalue weighted by atomic mass is 127. The monoisotopic (exact) mass is 523 g/mol. The fraction of sp³-hybridized carbons (Fsp3) is 0.316. The number of hydrogen-bond acceptors (Lipinski definition) is 3. The molecule has 0 heterocycles. The predicted molar refractivity (Wildman–Crippen MR) is 118 cm³/mol. The van der Waals surface area contributed by atoms with E-state index in [0.717, 1.165) is 11.8 Å². The summed E-state index contributed by atoms with van der Waals surface area (Å²) in [5, 5.41) is 6.11. The van der Waals surface area contributed by atoms with E-state index in [-0.39, 0.29) is 48.6 Å². The van der Waals surface area contributed by atoms with Crippen LogP contribution in [-0.4, -0.2) is 27.2 Å². The second-order valence-electron chi connectivity index (χ2n) is 6.16. The van der Waals surface area contributed by atoms with Gasteiger partial charge in [-0.3, -0.25) is 0 Å². The molecule has 0 saturated heterocycles. The Morgan fingerprint density at radius 2 is 1.75 bits per heavy atom. The summed E-state index contributed by atoms with van der Waals surface area (Å²) in [5.41, 5.74) is 1.79. The fourth-order valence-electron chi connectivity index (χ4n) is 2.51. The molecular formula is C19H24F2IN3O2S. The zero-order valence-corrected chi connectivity index (χ0v) is 18.9. The van der Waals surface area contributed by atoms with Gasteiger partial charge in [-0.15, -0.1) is 24.0 Å². The molecule has 0 aliphatic heterocycles. The van der Waals surface area contributed by atoms with Crippen LogP contribution in [0.3, 0.4) is 0 Å². The van der Waals surface area contributed by atoms with Crippen molar-refractivity contribution < 1.29 is 17.2 Å². The van der Waals surface area contributed by atoms with Gasteiger partial charge in [0.05, 0.1) is 12.3 Å². The average Bonchev–Trinajstić information content (AvgIpc) is 2.58. The van der Waals surface area contributed by atoms with E-state index >= 15 is 0 Å². The van der Waals surface area contributed by atoms with Gasteiger partial charge < -0.3 is 10.6 Å². The van der Waals surface area contributed by atoms with Gasteiger partial charge in [0.1, 0.15) is 11.6 Å². The third-order valence-corrected chi connectivity index (χ3v) is 4.52. The smallest absolute Gasteiger partial charge is 0.191 e. The van der Waals surface area contributed by atoms with Crippen molar-refractivity contribution in [2.75, 3.05) is 12.8 Å². The summed E-state index contributed by atoms with van der Waals surface area (Å²) in [6.45, 7) is 2.98. The molecule has 2 aromatic carbocycles. The number of rotatable bonds is 7. The first kappa shape index (κ1) is 24.3. The topological polar surface area (TPSA) is 70.6 Å². The molecular weight excluding hydrogens is 499 g/mol. The molecule has 0 fully saturated rings. The molecule has 0 saturated carbocycles. The number of hydrogen-bond donors (Lipinski definition) is 2. The van der Waals surface area contributed by atoms with E-state index in [9.17, 15) is 17.2 Å². The van der Waals surface area contributed by atoms with E-state index in [2.05, 4.69) is 15.6 Å². The van der Waals surface area contributed by atoms with Crippen LogP contribution in [0.1, 0.15) is 23.6 Å². The van der Waals surface area contributed by atoms with Gasteiger partial charge in [-0.1, -0.05) is 18.2 Å². The SMILES string of the molecule is CCNC(=NCc1cccc(F)c1)NCc1cc(F)ccc1CS(C)(=O)=O.I. The maximum Gasteiger partial charge on any atom is 0.191 e. The highest BCUT2D eigenvalue weighted by Gasteiger charge is 2.11. The van der Waals surface area contributed by atoms with Crippen LogP contribution in [0.15, 0.2) is 47.5 Å². The first-order valence-corrected chi connectivity index (χ1v) is 10.5. The first-order chi connectivity index (χ1) is 12.8. The summed E-state index contributed by atoms with van der Waals surface area (Å²) < 4.78 is 50.0. The Balaban J connectivity index is 0.00000392. The van der Waals surface area contributed by atoms with Crippen LogP contribution < -0.4 is 10.6 Å². The predicted octanol–water partition coefficient (Wildman–Crippen LogP) is 3.38. The minimum atomic E-state index is -3.24. The summed E-state index contributed by atoms with van der Waals surface area (Å²) in [6.07, 6.45) is 1.14. The molecule has 2 rings (SSSR count). The molecule has 154 valence electrons. The third-order valence-electron chi connectivity index (χ3n) is 3.69. The summed E-state index contributed by atoms with van der Waals surface area (Å²) in [7, 11) is -3.24. The van der Waals surface area contributed by atoms with Crippen LogP contribution in [0.25, 0.3) is 0 Å². The number of aliphatic imine (C=N–C) groups is 1. The standard InChI is InChI=1S/C19H23F2N3O2S.HI/c1-3-22-19(23-11-14-5-4-6-17(20)9-14)24-12-16-10-18(21)8-7-15(16)13-27(2,25)26;/h4-10H,3,11-13H2,1-2H3,(H2,22,23,24);1H. The van der Waals surface area contributed by atoms with Crippen molar-refractivity contribution in [2.45, 2.75) is 25.8 Å². The van der Waals surface area contributed by atoms with E-state index < -0.39 is 15.7 Å². The minimum Gasteiger partial charge on any atom is -0.357 e. The molecule has 0 radical (unpaired) electrons. The largest absolute Gasteiger partial charge is 0.357 e. The number of benzene rings is 2. The van der Waals surface area contributed by atoms with Crippen molar-refractivity contribution in [3.05, 3.63) is 70.8 Å². The van der Waals surface area contributed by atoms with Crippen molar-refractivity contribution in [3.8, 4) is 0 Å². The molecule has 0 amide bonds. The van der Waals surface area contributed by atoms with Gasteiger partial charge in [0.15, 0.2) is 15.8 Å². The van der Waals surface area contributed by atoms with Crippen LogP contribution in [-0.2, 0) is 28.7 Å². The van der Waals surface area contributed by atoms with Gasteiger partial charge in [0.2, 0.25) is 0 Å². The van der Waals surface area contributed by atoms with Crippen LogP contribution in [0.5, 0.6) is 0 Å². The molecule has 0 atom stereocenters. The molecule has 0 spiro atoms. The van der Waals surface area contributed by atoms with Crippen LogP contribution >= 0.6 is 24.0 Å². The van der Waals surface area contributed by atoms with Crippen molar-refractivity contribution in [1.82, 2.24) is 10.6 Å². The van der Waals surface area contributed by atoms with E-state index in [0.29, 0.717) is 23.6 Å². The summed E-state index contributed by atoms with van der Waals surface area (Å²) in [5.74, 6) is -0.464. The molecule has 0 aromatic heterocycles. The van der Waals surface area contributed by atoms with Crippen LogP contribution in [0.2, 0.25) is 0 Å². The zero-order valence-electron chi connectivity index (χ0n) is 15.7. The lowest BCUT2D eigenvalue weighted by Crippen LogP contribution is -2.37. The number of nitrogens with one attached hydrogen (secondary N) is 2. The van der Waals surface area contributed by atoms with Crippen molar-refractivity contribution in [3.63, 3.8) is 0 Å². The molecule has 5 nitrogen and oxygen atoms in total. The fourth-order valence-corrected chi connectivity index (χ4v) is 3.36. The van der Waals surface area contributed by atoms with Crippen molar-refractivity contribution in [1.29, 1.82) is 0 Å². The minimum absolute atomic E-state index is 0. The summed E-state index contributed by atoms with van der Waals surface area (Å²) >= 11 is 0. The maximum atomic E-state index is 13.6. The lowest BCUT2D eigenvalue weighted by Gasteiger charge is -2.14. The van der Waals surface area contributed by atoms with Gasteiger partial charge >= 0.3 is 0 Å². The molecule has 0 aliphatic carbocycles. The van der Waals surface area contributed by atoms with Gasteiger partial charge in [-0.05, 0) is 47.9 Å². The molecule has 28 heavy (non-hydrogen) atoms. The Hall–Kier alpha value is -1.75. The third kappa shape index (κ3) is 8.51. The molecule has 0 unspecified atom stereocenters. The molecule has 9 heteroatoms. The highest BCUT2D eigenvalue weighted by molar-refractivity contribution is 14.0. The second kappa shape index (κ2) is 11.3. The first-order valence-electron chi connectivity index (χ1n) is 8.48. The number of nitrogens with zero attached hydrogens (tertiary/aromatic N) is 1. The normalized spacial score (nSPS) is 11.6. The molecule has 2 N–H and O–H groups in total. The second-order valence-corrected chi connectivity index (χ2v) is 8.30. The van der Waals surface area contributed by atoms with E-state index in [1.807, 2.05) is 6.92 Å². The number of guanidine groups is 1. The van der Waals surface area contributed by atoms with Gasteiger partial charge in [-0.25, -0.2) is 22.2 Å². The number of sulfone groups is 1. The summed E-state index contributed by atoms with van der Waals surface area (Å²) in [6, 6.07) is 10.2. The van der Waals surface area contributed by atoms with E-state index in [1.54, 1.807) is 12.1 Å². The van der Waals surface area contributed by atoms with Crippen molar-refractivity contribution >= 4 is 39.8 Å². The Kier molecular flexibility index (Phi) is 9.80. The Morgan fingerprint density at radius 1 is 1.04 bits per heavy atom. The zero-order chi connectivity index (χ0) is 19.9. The highest BCUT2D eigenvalue weighted by Crippen LogP contribution is 2.14. The van der Waals surface area contributed by atoms with Gasteiger partial charge in [0, 0.05) is 19.3 Å². The quantitative estimate of drug-likeness (QED) is 0.332. The van der Waals surface area contributed by atoms with Crippen molar-refractivity contribution in [2.24, 2.45) is 4.99 Å². The van der Waals surface area contributed by atoms with E-state index in [1.165, 1.54) is 30.3 Å². The van der Waals surface area contributed by atoms with Gasteiger partial charge in [0.25, 0.3) is 0 Å².